The molecule has 1 aromatic carbocycles. The number of aliphatic hydroxyl groups is 2. The fraction of sp³-hybridized carbons (Fsp3) is 0.517. The third-order valence-corrected chi connectivity index (χ3v) is 9.21. The fourth-order valence-corrected chi connectivity index (χ4v) is 7.44. The molecule has 5 atom stereocenters. The summed E-state index contributed by atoms with van der Waals surface area (Å²) in [5.74, 6) is 1.13. The van der Waals surface area contributed by atoms with Crippen LogP contribution in [0.1, 0.15) is 80.6 Å². The van der Waals surface area contributed by atoms with Crippen LogP contribution in [0.3, 0.4) is 0 Å². The summed E-state index contributed by atoms with van der Waals surface area (Å²) < 4.78 is 0. The number of rotatable bonds is 4. The molecule has 0 unspecified atom stereocenters. The number of allylic oxidation sites excluding steroid dienone is 4. The average Bonchev–Trinajstić information content (AvgIpc) is 3.07. The van der Waals surface area contributed by atoms with Gasteiger partial charge in [-0.05, 0) is 80.1 Å². The van der Waals surface area contributed by atoms with Gasteiger partial charge in [0, 0.05) is 23.3 Å². The topological polar surface area (TPSA) is 74.6 Å². The fourth-order valence-electron chi connectivity index (χ4n) is 7.44. The first-order valence-corrected chi connectivity index (χ1v) is 12.4. The summed E-state index contributed by atoms with van der Waals surface area (Å²) in [5.41, 5.74) is 4.82. The van der Waals surface area contributed by atoms with E-state index in [1.165, 1.54) is 16.7 Å². The third-order valence-electron chi connectivity index (χ3n) is 9.21. The van der Waals surface area contributed by atoms with E-state index < -0.39 is 5.60 Å². The minimum absolute atomic E-state index is 0.0476. The van der Waals surface area contributed by atoms with Crippen molar-refractivity contribution in [2.24, 2.45) is 17.3 Å². The van der Waals surface area contributed by atoms with Crippen molar-refractivity contribution in [3.8, 4) is 0 Å². The molecule has 4 aliphatic carbocycles. The molecular weight excluding hydrogens is 412 g/mol. The monoisotopic (exact) mass is 446 g/mol. The number of carbonyl (C=O) groups excluding carboxylic acids is 2. The summed E-state index contributed by atoms with van der Waals surface area (Å²) in [6, 6.07) is 7.81. The Kier molecular flexibility index (Phi) is 5.57. The van der Waals surface area contributed by atoms with E-state index in [2.05, 4.69) is 6.92 Å². The molecule has 4 aliphatic rings. The molecule has 4 heteroatoms. The number of aliphatic hydroxyl groups excluding tert-OH is 1. The van der Waals surface area contributed by atoms with Crippen LogP contribution in [0, 0.1) is 17.3 Å². The lowest BCUT2D eigenvalue weighted by Crippen LogP contribution is -2.48. The molecule has 0 saturated heterocycles. The summed E-state index contributed by atoms with van der Waals surface area (Å²) >= 11 is 0. The SMILES string of the molecule is CC(=O)c1ccc([C@@H]2CC(=O)C=C3CC[C@@H]4C(=C32)CC[C@@]2(C)[C@H]4CC[C@@]2(O)C=CCO)cc1. The van der Waals surface area contributed by atoms with E-state index in [1.807, 2.05) is 36.4 Å². The Balaban J connectivity index is 1.55. The predicted octanol–water partition coefficient (Wildman–Crippen LogP) is 5.07. The first-order chi connectivity index (χ1) is 15.8. The highest BCUT2D eigenvalue weighted by molar-refractivity contribution is 5.95. The molecule has 2 saturated carbocycles. The third kappa shape index (κ3) is 3.50. The highest BCUT2D eigenvalue weighted by Crippen LogP contribution is 2.64. The Hall–Kier alpha value is -2.30. The molecule has 0 bridgehead atoms. The van der Waals surface area contributed by atoms with E-state index in [9.17, 15) is 19.8 Å². The second kappa shape index (κ2) is 8.18. The van der Waals surface area contributed by atoms with Crippen molar-refractivity contribution in [2.45, 2.75) is 70.3 Å². The first-order valence-electron chi connectivity index (χ1n) is 12.4. The van der Waals surface area contributed by atoms with E-state index in [4.69, 9.17) is 0 Å². The standard InChI is InChI=1S/C29H34O4/c1-18(31)19-4-6-20(7-5-19)25-17-22(32)16-21-8-9-23-24(27(21)25)10-13-28(2)26(23)11-14-29(28,33)12-3-15-30/h3-7,12,16,23,25-26,30,33H,8-11,13-15,17H2,1-2H3/t23-,25+,26+,28+,29+/m1/s1. The summed E-state index contributed by atoms with van der Waals surface area (Å²) in [5, 5.41) is 20.8. The number of ketones is 2. The highest BCUT2D eigenvalue weighted by Gasteiger charge is 2.60. The van der Waals surface area contributed by atoms with E-state index in [1.54, 1.807) is 13.0 Å². The number of benzene rings is 1. The highest BCUT2D eigenvalue weighted by atomic mass is 16.3. The van der Waals surface area contributed by atoms with E-state index in [0.717, 1.165) is 44.1 Å². The molecule has 0 aliphatic heterocycles. The molecular formula is C29H34O4. The first kappa shape index (κ1) is 22.5. The van der Waals surface area contributed by atoms with Crippen LogP contribution in [0.15, 0.2) is 59.2 Å². The smallest absolute Gasteiger partial charge is 0.159 e. The van der Waals surface area contributed by atoms with Gasteiger partial charge in [0.2, 0.25) is 0 Å². The Morgan fingerprint density at radius 2 is 1.91 bits per heavy atom. The lowest BCUT2D eigenvalue weighted by Gasteiger charge is -2.51. The molecule has 33 heavy (non-hydrogen) atoms. The van der Waals surface area contributed by atoms with Crippen molar-refractivity contribution in [3.05, 3.63) is 70.3 Å². The van der Waals surface area contributed by atoms with Gasteiger partial charge in [-0.2, -0.15) is 0 Å². The zero-order chi connectivity index (χ0) is 23.4. The number of hydrogen-bond acceptors (Lipinski definition) is 4. The van der Waals surface area contributed by atoms with Crippen molar-refractivity contribution in [2.75, 3.05) is 6.61 Å². The summed E-state index contributed by atoms with van der Waals surface area (Å²) in [6.07, 6.45) is 11.4. The maximum Gasteiger partial charge on any atom is 0.159 e. The van der Waals surface area contributed by atoms with Crippen LogP contribution >= 0.6 is 0 Å². The predicted molar refractivity (Wildman–Crippen MR) is 128 cm³/mol. The van der Waals surface area contributed by atoms with Crippen molar-refractivity contribution in [3.63, 3.8) is 0 Å². The van der Waals surface area contributed by atoms with E-state index >= 15 is 0 Å². The van der Waals surface area contributed by atoms with Crippen LogP contribution in [0.2, 0.25) is 0 Å². The average molecular weight is 447 g/mol. The van der Waals surface area contributed by atoms with E-state index in [-0.39, 0.29) is 29.5 Å². The Morgan fingerprint density at radius 1 is 1.15 bits per heavy atom. The minimum atomic E-state index is -0.864. The molecule has 2 fully saturated rings. The van der Waals surface area contributed by atoms with Gasteiger partial charge in [-0.15, -0.1) is 0 Å². The lowest BCUT2D eigenvalue weighted by molar-refractivity contribution is -0.115. The van der Waals surface area contributed by atoms with Crippen molar-refractivity contribution < 1.29 is 19.8 Å². The molecule has 174 valence electrons. The van der Waals surface area contributed by atoms with Crippen LogP contribution in [0.5, 0.6) is 0 Å². The number of hydrogen-bond donors (Lipinski definition) is 2. The van der Waals surface area contributed by atoms with Gasteiger partial charge in [-0.1, -0.05) is 48.9 Å². The van der Waals surface area contributed by atoms with Crippen molar-refractivity contribution >= 4 is 11.6 Å². The zero-order valence-corrected chi connectivity index (χ0v) is 19.6. The molecule has 4 nitrogen and oxygen atoms in total. The second-order valence-electron chi connectivity index (χ2n) is 10.7. The van der Waals surface area contributed by atoms with Crippen LogP contribution in [0.4, 0.5) is 0 Å². The quantitative estimate of drug-likeness (QED) is 0.500. The number of fused-ring (bicyclic) bond motifs is 4. The summed E-state index contributed by atoms with van der Waals surface area (Å²) in [7, 11) is 0. The summed E-state index contributed by atoms with van der Waals surface area (Å²) in [6.45, 7) is 3.77. The van der Waals surface area contributed by atoms with Gasteiger partial charge in [0.1, 0.15) is 0 Å². The van der Waals surface area contributed by atoms with Crippen molar-refractivity contribution in [1.29, 1.82) is 0 Å². The Bertz CT molecular complexity index is 1080. The maximum atomic E-state index is 12.6. The molecule has 0 radical (unpaired) electrons. The van der Waals surface area contributed by atoms with Gasteiger partial charge in [0.15, 0.2) is 11.6 Å². The molecule has 0 heterocycles. The van der Waals surface area contributed by atoms with Gasteiger partial charge in [-0.3, -0.25) is 9.59 Å². The molecule has 0 amide bonds. The van der Waals surface area contributed by atoms with Gasteiger partial charge in [-0.25, -0.2) is 0 Å². The van der Waals surface area contributed by atoms with Gasteiger partial charge >= 0.3 is 0 Å². The minimum Gasteiger partial charge on any atom is -0.392 e. The molecule has 0 spiro atoms. The van der Waals surface area contributed by atoms with Crippen LogP contribution < -0.4 is 0 Å². The van der Waals surface area contributed by atoms with Crippen molar-refractivity contribution in [1.82, 2.24) is 0 Å². The zero-order valence-electron chi connectivity index (χ0n) is 19.6. The van der Waals surface area contributed by atoms with Crippen LogP contribution in [-0.4, -0.2) is 34.0 Å². The maximum absolute atomic E-state index is 12.6. The normalized spacial score (nSPS) is 35.8. The lowest BCUT2D eigenvalue weighted by atomic mass is 9.54. The van der Waals surface area contributed by atoms with Gasteiger partial charge in [0.25, 0.3) is 0 Å². The number of Topliss-reactive ketones (excluding diaryl/α,β-unsaturated/α-hetero) is 1. The summed E-state index contributed by atoms with van der Waals surface area (Å²) in [4.78, 5) is 24.4. The Labute approximate surface area is 196 Å². The number of carbonyl (C=O) groups is 2. The molecule has 5 rings (SSSR count). The molecule has 1 aromatic rings. The van der Waals surface area contributed by atoms with Gasteiger partial charge in [0.05, 0.1) is 12.2 Å². The largest absolute Gasteiger partial charge is 0.392 e. The molecule has 2 N–H and O–H groups in total. The van der Waals surface area contributed by atoms with Crippen LogP contribution in [0.25, 0.3) is 0 Å². The molecule has 0 aromatic heterocycles. The Morgan fingerprint density at radius 3 is 2.61 bits per heavy atom. The van der Waals surface area contributed by atoms with Crippen LogP contribution in [-0.2, 0) is 4.79 Å². The second-order valence-corrected chi connectivity index (χ2v) is 10.7. The van der Waals surface area contributed by atoms with E-state index in [0.29, 0.717) is 23.8 Å². The van der Waals surface area contributed by atoms with Gasteiger partial charge < -0.3 is 10.2 Å².